The van der Waals surface area contributed by atoms with Crippen LogP contribution in [0, 0.1) is 0 Å². The van der Waals surface area contributed by atoms with Gasteiger partial charge in [-0.1, -0.05) is 35.0 Å². The summed E-state index contributed by atoms with van der Waals surface area (Å²) >= 11 is 13.4. The van der Waals surface area contributed by atoms with E-state index in [1.54, 1.807) is 25.3 Å². The Balaban J connectivity index is 2.12. The molecule has 0 aliphatic carbocycles. The molecular formula is C17H14Cl2O6S. The highest BCUT2D eigenvalue weighted by molar-refractivity contribution is 8.05. The normalized spacial score (nSPS) is 18.4. The van der Waals surface area contributed by atoms with Gasteiger partial charge in [-0.2, -0.15) is 0 Å². The van der Waals surface area contributed by atoms with Crippen molar-refractivity contribution in [2.45, 2.75) is 19.8 Å². The summed E-state index contributed by atoms with van der Waals surface area (Å²) < 4.78 is 21.1. The maximum absolute atomic E-state index is 12.6. The molecule has 2 aliphatic rings. The standard InChI is InChI=1S/C17H14Cl2O6S/c1-3-22-16-13-12(11(7-26-16)24-17(21)23-4-2)9-5-8(18)6-10(19)14(9)25-15(13)20/h5-7,12H,3-4H2,1-2H3. The van der Waals surface area contributed by atoms with E-state index in [0.717, 1.165) is 11.8 Å². The smallest absolute Gasteiger partial charge is 0.487 e. The van der Waals surface area contributed by atoms with Gasteiger partial charge in [0.2, 0.25) is 0 Å². The number of fused-ring (bicyclic) bond motifs is 3. The summed E-state index contributed by atoms with van der Waals surface area (Å²) in [5.74, 6) is -0.977. The Bertz CT molecular complexity index is 833. The molecule has 1 unspecified atom stereocenters. The summed E-state index contributed by atoms with van der Waals surface area (Å²) in [6.45, 7) is 3.98. The van der Waals surface area contributed by atoms with Crippen molar-refractivity contribution in [1.82, 2.24) is 0 Å². The predicted molar refractivity (Wildman–Crippen MR) is 97.3 cm³/mol. The summed E-state index contributed by atoms with van der Waals surface area (Å²) in [4.78, 5) is 24.4. The average Bonchev–Trinajstić information content (AvgIpc) is 2.58. The molecule has 0 bridgehead atoms. The molecule has 0 saturated heterocycles. The molecular weight excluding hydrogens is 403 g/mol. The van der Waals surface area contributed by atoms with E-state index < -0.39 is 18.0 Å². The van der Waals surface area contributed by atoms with Crippen molar-refractivity contribution >= 4 is 47.1 Å². The monoisotopic (exact) mass is 416 g/mol. The Kier molecular flexibility index (Phi) is 5.70. The number of hydrogen-bond donors (Lipinski definition) is 0. The van der Waals surface area contributed by atoms with Crippen LogP contribution in [0.25, 0.3) is 0 Å². The van der Waals surface area contributed by atoms with Gasteiger partial charge in [-0.25, -0.2) is 9.59 Å². The molecule has 2 aliphatic heterocycles. The molecule has 9 heteroatoms. The average molecular weight is 417 g/mol. The topological polar surface area (TPSA) is 71.1 Å². The molecule has 0 fully saturated rings. The van der Waals surface area contributed by atoms with E-state index >= 15 is 0 Å². The molecule has 138 valence electrons. The first-order valence-electron chi connectivity index (χ1n) is 7.75. The van der Waals surface area contributed by atoms with Gasteiger partial charge < -0.3 is 18.9 Å². The minimum Gasteiger partial charge on any atom is -0.487 e. The number of carbonyl (C=O) groups is 2. The summed E-state index contributed by atoms with van der Waals surface area (Å²) in [6, 6.07) is 3.09. The number of thioether (sulfide) groups is 1. The lowest BCUT2D eigenvalue weighted by Gasteiger charge is -2.32. The number of hydrogen-bond acceptors (Lipinski definition) is 7. The van der Waals surface area contributed by atoms with Gasteiger partial charge in [-0.05, 0) is 26.0 Å². The van der Waals surface area contributed by atoms with Crippen LogP contribution in [0.5, 0.6) is 5.75 Å². The van der Waals surface area contributed by atoms with Gasteiger partial charge in [0.1, 0.15) is 11.3 Å². The number of carbonyl (C=O) groups excluding carboxylic acids is 2. The molecule has 0 N–H and O–H groups in total. The van der Waals surface area contributed by atoms with Crippen LogP contribution in [0.2, 0.25) is 10.0 Å². The Labute approximate surface area is 164 Å². The van der Waals surface area contributed by atoms with Crippen molar-refractivity contribution in [2.24, 2.45) is 0 Å². The van der Waals surface area contributed by atoms with Gasteiger partial charge in [0.05, 0.1) is 24.2 Å². The Hall–Kier alpha value is -1.83. The first kappa shape index (κ1) is 18.9. The van der Waals surface area contributed by atoms with Crippen LogP contribution in [0.1, 0.15) is 25.3 Å². The number of benzene rings is 1. The largest absolute Gasteiger partial charge is 0.513 e. The quantitative estimate of drug-likeness (QED) is 0.504. The molecule has 26 heavy (non-hydrogen) atoms. The zero-order valence-corrected chi connectivity index (χ0v) is 16.2. The number of halogens is 2. The molecule has 0 aromatic heterocycles. The third kappa shape index (κ3) is 3.51. The molecule has 1 aromatic carbocycles. The van der Waals surface area contributed by atoms with Crippen LogP contribution in [0.15, 0.2) is 34.0 Å². The Morgan fingerprint density at radius 2 is 2.04 bits per heavy atom. The fraction of sp³-hybridized carbons (Fsp3) is 0.294. The number of esters is 1. The second-order valence-electron chi connectivity index (χ2n) is 5.19. The highest BCUT2D eigenvalue weighted by atomic mass is 35.5. The fourth-order valence-electron chi connectivity index (χ4n) is 2.63. The van der Waals surface area contributed by atoms with Crippen molar-refractivity contribution in [3.05, 3.63) is 49.6 Å². The van der Waals surface area contributed by atoms with Crippen LogP contribution in [0.4, 0.5) is 4.79 Å². The molecule has 0 radical (unpaired) electrons. The molecule has 2 heterocycles. The zero-order chi connectivity index (χ0) is 18.8. The van der Waals surface area contributed by atoms with Crippen LogP contribution >= 0.6 is 35.0 Å². The van der Waals surface area contributed by atoms with Gasteiger partial charge in [0, 0.05) is 16.0 Å². The van der Waals surface area contributed by atoms with E-state index in [0.29, 0.717) is 22.3 Å². The van der Waals surface area contributed by atoms with Crippen molar-refractivity contribution in [3.63, 3.8) is 0 Å². The lowest BCUT2D eigenvalue weighted by atomic mass is 9.87. The number of ether oxygens (including phenoxy) is 4. The van der Waals surface area contributed by atoms with E-state index in [9.17, 15) is 9.59 Å². The van der Waals surface area contributed by atoms with Crippen molar-refractivity contribution in [3.8, 4) is 5.75 Å². The van der Waals surface area contributed by atoms with Gasteiger partial charge in [0.15, 0.2) is 10.8 Å². The molecule has 1 atom stereocenters. The van der Waals surface area contributed by atoms with Crippen LogP contribution < -0.4 is 4.74 Å². The minimum atomic E-state index is -0.868. The maximum Gasteiger partial charge on any atom is 0.513 e. The molecule has 0 spiro atoms. The van der Waals surface area contributed by atoms with E-state index in [4.69, 9.17) is 42.1 Å². The number of rotatable bonds is 4. The second kappa shape index (κ2) is 7.82. The lowest BCUT2D eigenvalue weighted by molar-refractivity contribution is -0.131. The highest BCUT2D eigenvalue weighted by Gasteiger charge is 2.43. The molecule has 0 saturated carbocycles. The van der Waals surface area contributed by atoms with Crippen molar-refractivity contribution in [1.29, 1.82) is 0 Å². The van der Waals surface area contributed by atoms with E-state index in [2.05, 4.69) is 0 Å². The summed E-state index contributed by atoms with van der Waals surface area (Å²) in [7, 11) is 0. The van der Waals surface area contributed by atoms with E-state index in [1.165, 1.54) is 6.07 Å². The van der Waals surface area contributed by atoms with Gasteiger partial charge in [0.25, 0.3) is 0 Å². The van der Waals surface area contributed by atoms with Crippen LogP contribution in [-0.4, -0.2) is 25.3 Å². The Morgan fingerprint density at radius 3 is 2.73 bits per heavy atom. The van der Waals surface area contributed by atoms with Crippen molar-refractivity contribution < 1.29 is 28.5 Å². The van der Waals surface area contributed by atoms with Crippen molar-refractivity contribution in [2.75, 3.05) is 13.2 Å². The highest BCUT2D eigenvalue weighted by Crippen LogP contribution is 2.51. The van der Waals surface area contributed by atoms with Gasteiger partial charge >= 0.3 is 12.1 Å². The summed E-state index contributed by atoms with van der Waals surface area (Å²) in [6.07, 6.45) is -0.868. The third-order valence-electron chi connectivity index (χ3n) is 3.58. The van der Waals surface area contributed by atoms with E-state index in [-0.39, 0.29) is 28.7 Å². The third-order valence-corrected chi connectivity index (χ3v) is 4.98. The predicted octanol–water partition coefficient (Wildman–Crippen LogP) is 5.01. The Morgan fingerprint density at radius 1 is 1.27 bits per heavy atom. The first-order chi connectivity index (χ1) is 12.5. The summed E-state index contributed by atoms with van der Waals surface area (Å²) in [5, 5.41) is 2.51. The summed E-state index contributed by atoms with van der Waals surface area (Å²) in [5.41, 5.74) is 0.731. The SMILES string of the molecule is CCOC(=O)OC1=CSC(OCC)=C2C(=O)Oc3c(Cl)cc(Cl)cc3C12. The molecule has 1 aromatic rings. The van der Waals surface area contributed by atoms with Crippen LogP contribution in [-0.2, 0) is 19.0 Å². The molecule has 3 rings (SSSR count). The minimum absolute atomic E-state index is 0.160. The van der Waals surface area contributed by atoms with Gasteiger partial charge in [-0.3, -0.25) is 0 Å². The fourth-order valence-corrected chi connectivity index (χ4v) is 4.10. The molecule has 0 amide bonds. The van der Waals surface area contributed by atoms with Crippen LogP contribution in [0.3, 0.4) is 0 Å². The maximum atomic E-state index is 12.6. The first-order valence-corrected chi connectivity index (χ1v) is 9.39. The van der Waals surface area contributed by atoms with E-state index in [1.807, 2.05) is 0 Å². The second-order valence-corrected chi connectivity index (χ2v) is 6.87. The number of allylic oxidation sites excluding steroid dienone is 1. The molecule has 6 nitrogen and oxygen atoms in total. The lowest BCUT2D eigenvalue weighted by Crippen LogP contribution is -2.29. The zero-order valence-electron chi connectivity index (χ0n) is 13.8. The van der Waals surface area contributed by atoms with Gasteiger partial charge in [-0.15, -0.1) is 0 Å².